The summed E-state index contributed by atoms with van der Waals surface area (Å²) >= 11 is 0. The molecule has 1 N–H and O–H groups in total. The van der Waals surface area contributed by atoms with Gasteiger partial charge < -0.3 is 14.7 Å². The molecular weight excluding hydrogens is 281 g/mol. The summed E-state index contributed by atoms with van der Waals surface area (Å²) in [7, 11) is 2.08. The van der Waals surface area contributed by atoms with Crippen molar-refractivity contribution in [3.8, 4) is 0 Å². The molecule has 1 saturated carbocycles. The van der Waals surface area contributed by atoms with E-state index in [-0.39, 0.29) is 19.0 Å². The van der Waals surface area contributed by atoms with Crippen LogP contribution in [0.4, 0.5) is 4.39 Å². The van der Waals surface area contributed by atoms with Crippen LogP contribution in [0, 0.1) is 5.82 Å². The average Bonchev–Trinajstić information content (AvgIpc) is 2.78. The lowest BCUT2D eigenvalue weighted by atomic mass is 10.1. The molecule has 0 saturated heterocycles. The maximum atomic E-state index is 13.5. The predicted octanol–water partition coefficient (Wildman–Crippen LogP) is 3.36. The van der Waals surface area contributed by atoms with Crippen molar-refractivity contribution in [2.45, 2.75) is 57.3 Å². The Bertz CT molecular complexity index is 433. The molecule has 0 spiro atoms. The van der Waals surface area contributed by atoms with Gasteiger partial charge in [0.1, 0.15) is 5.82 Å². The lowest BCUT2D eigenvalue weighted by molar-refractivity contribution is 0.00580. The van der Waals surface area contributed by atoms with Crippen molar-refractivity contribution < 1.29 is 14.2 Å². The van der Waals surface area contributed by atoms with Crippen LogP contribution in [0.2, 0.25) is 0 Å². The summed E-state index contributed by atoms with van der Waals surface area (Å²) in [4.78, 5) is 2.25. The zero-order chi connectivity index (χ0) is 15.8. The van der Waals surface area contributed by atoms with Crippen molar-refractivity contribution in [3.63, 3.8) is 0 Å². The molecule has 0 bridgehead atoms. The summed E-state index contributed by atoms with van der Waals surface area (Å²) < 4.78 is 18.9. The quantitative estimate of drug-likeness (QED) is 0.784. The molecule has 3 nitrogen and oxygen atoms in total. The van der Waals surface area contributed by atoms with Gasteiger partial charge in [-0.2, -0.15) is 0 Å². The van der Waals surface area contributed by atoms with E-state index >= 15 is 0 Å². The molecule has 1 aromatic rings. The van der Waals surface area contributed by atoms with Gasteiger partial charge in [0.05, 0.1) is 19.3 Å². The van der Waals surface area contributed by atoms with Crippen LogP contribution < -0.4 is 0 Å². The van der Waals surface area contributed by atoms with Gasteiger partial charge in [0, 0.05) is 18.2 Å². The van der Waals surface area contributed by atoms with Gasteiger partial charge in [-0.25, -0.2) is 4.39 Å². The number of hydrogen-bond donors (Lipinski definition) is 1. The Morgan fingerprint density at radius 1 is 1.23 bits per heavy atom. The lowest BCUT2D eigenvalue weighted by Gasteiger charge is -2.29. The number of likely N-dealkylation sites (N-methyl/N-ethyl adjacent to an activating group) is 1. The maximum Gasteiger partial charge on any atom is 0.128 e. The highest BCUT2D eigenvalue weighted by molar-refractivity contribution is 5.16. The van der Waals surface area contributed by atoms with E-state index in [1.54, 1.807) is 18.2 Å². The van der Waals surface area contributed by atoms with Gasteiger partial charge in [0.2, 0.25) is 0 Å². The third-order valence-corrected chi connectivity index (χ3v) is 4.47. The Morgan fingerprint density at radius 2 is 1.91 bits per heavy atom. The predicted molar refractivity (Wildman–Crippen MR) is 86.2 cm³/mol. The monoisotopic (exact) mass is 309 g/mol. The minimum atomic E-state index is -0.528. The summed E-state index contributed by atoms with van der Waals surface area (Å²) in [5, 5.41) is 10.1. The molecule has 1 atom stereocenters. The standard InChI is InChI=1S/C18H28FNO2/c1-20(16-9-4-2-3-5-10-16)12-17(21)14-22-13-15-8-6-7-11-18(15)19/h6-8,11,16-17,21H,2-5,9-10,12-14H2,1H3. The highest BCUT2D eigenvalue weighted by Gasteiger charge is 2.19. The van der Waals surface area contributed by atoms with Gasteiger partial charge in [-0.3, -0.25) is 0 Å². The third kappa shape index (κ3) is 5.67. The highest BCUT2D eigenvalue weighted by atomic mass is 19.1. The average molecular weight is 309 g/mol. The first-order chi connectivity index (χ1) is 10.7. The van der Waals surface area contributed by atoms with Crippen LogP contribution in [0.25, 0.3) is 0 Å². The van der Waals surface area contributed by atoms with Crippen molar-refractivity contribution in [2.75, 3.05) is 20.2 Å². The smallest absolute Gasteiger partial charge is 0.128 e. The fraction of sp³-hybridized carbons (Fsp3) is 0.667. The minimum Gasteiger partial charge on any atom is -0.389 e. The molecule has 0 radical (unpaired) electrons. The van der Waals surface area contributed by atoms with Crippen LogP contribution in [-0.2, 0) is 11.3 Å². The molecule has 1 aliphatic carbocycles. The fourth-order valence-corrected chi connectivity index (χ4v) is 3.15. The minimum absolute atomic E-state index is 0.205. The lowest BCUT2D eigenvalue weighted by Crippen LogP contribution is -2.39. The summed E-state index contributed by atoms with van der Waals surface area (Å²) in [6.07, 6.45) is 7.15. The highest BCUT2D eigenvalue weighted by Crippen LogP contribution is 2.21. The molecule has 4 heteroatoms. The number of halogens is 1. The second-order valence-corrected chi connectivity index (χ2v) is 6.35. The van der Waals surface area contributed by atoms with Crippen LogP contribution in [0.5, 0.6) is 0 Å². The van der Waals surface area contributed by atoms with Crippen molar-refractivity contribution in [3.05, 3.63) is 35.6 Å². The Morgan fingerprint density at radius 3 is 2.59 bits per heavy atom. The zero-order valence-corrected chi connectivity index (χ0v) is 13.5. The summed E-state index contributed by atoms with van der Waals surface area (Å²) in [5.41, 5.74) is 0.534. The maximum absolute atomic E-state index is 13.5. The number of rotatable bonds is 7. The Hall–Kier alpha value is -0.970. The van der Waals surface area contributed by atoms with Crippen LogP contribution in [-0.4, -0.2) is 42.4 Å². The molecule has 0 heterocycles. The van der Waals surface area contributed by atoms with E-state index in [1.165, 1.54) is 44.6 Å². The summed E-state index contributed by atoms with van der Waals surface area (Å²) in [5.74, 6) is -0.257. The second-order valence-electron chi connectivity index (χ2n) is 6.35. The largest absolute Gasteiger partial charge is 0.389 e. The Balaban J connectivity index is 1.68. The molecule has 0 aromatic heterocycles. The van der Waals surface area contributed by atoms with Gasteiger partial charge in [-0.15, -0.1) is 0 Å². The van der Waals surface area contributed by atoms with Crippen molar-refractivity contribution >= 4 is 0 Å². The van der Waals surface area contributed by atoms with E-state index in [9.17, 15) is 9.50 Å². The summed E-state index contributed by atoms with van der Waals surface area (Å²) in [6, 6.07) is 7.16. The normalized spacial score (nSPS) is 18.4. The number of ether oxygens (including phenoxy) is 1. The van der Waals surface area contributed by atoms with E-state index in [2.05, 4.69) is 11.9 Å². The van der Waals surface area contributed by atoms with Crippen molar-refractivity contribution in [1.29, 1.82) is 0 Å². The van der Waals surface area contributed by atoms with Gasteiger partial charge in [0.15, 0.2) is 0 Å². The van der Waals surface area contributed by atoms with Crippen LogP contribution in [0.1, 0.15) is 44.1 Å². The molecule has 1 unspecified atom stereocenters. The fourth-order valence-electron chi connectivity index (χ4n) is 3.15. The van der Waals surface area contributed by atoms with Crippen LogP contribution >= 0.6 is 0 Å². The van der Waals surface area contributed by atoms with E-state index in [0.717, 1.165) is 0 Å². The Kier molecular flexibility index (Phi) is 7.30. The first kappa shape index (κ1) is 17.4. The molecular formula is C18H28FNO2. The molecule has 0 aliphatic heterocycles. The first-order valence-electron chi connectivity index (χ1n) is 8.36. The topological polar surface area (TPSA) is 32.7 Å². The van der Waals surface area contributed by atoms with E-state index < -0.39 is 6.10 Å². The second kappa shape index (κ2) is 9.23. The number of aliphatic hydroxyl groups is 1. The molecule has 1 aliphatic rings. The van der Waals surface area contributed by atoms with E-state index in [0.29, 0.717) is 18.2 Å². The van der Waals surface area contributed by atoms with Crippen molar-refractivity contribution in [1.82, 2.24) is 4.90 Å². The SMILES string of the molecule is CN(CC(O)COCc1ccccc1F)C1CCCCCC1. The zero-order valence-electron chi connectivity index (χ0n) is 13.5. The van der Waals surface area contributed by atoms with Gasteiger partial charge in [-0.05, 0) is 26.0 Å². The number of aliphatic hydroxyl groups excluding tert-OH is 1. The van der Waals surface area contributed by atoms with Gasteiger partial charge in [-0.1, -0.05) is 43.9 Å². The first-order valence-corrected chi connectivity index (χ1v) is 8.36. The molecule has 0 amide bonds. The molecule has 2 rings (SSSR count). The summed E-state index contributed by atoms with van der Waals surface area (Å²) in [6.45, 7) is 1.06. The van der Waals surface area contributed by atoms with Gasteiger partial charge >= 0.3 is 0 Å². The number of hydrogen-bond acceptors (Lipinski definition) is 3. The van der Waals surface area contributed by atoms with Crippen LogP contribution in [0.15, 0.2) is 24.3 Å². The van der Waals surface area contributed by atoms with E-state index in [4.69, 9.17) is 4.74 Å². The number of nitrogens with zero attached hydrogens (tertiary/aromatic N) is 1. The molecule has 1 fully saturated rings. The van der Waals surface area contributed by atoms with Crippen LogP contribution in [0.3, 0.4) is 0 Å². The molecule has 22 heavy (non-hydrogen) atoms. The van der Waals surface area contributed by atoms with E-state index in [1.807, 2.05) is 0 Å². The van der Waals surface area contributed by atoms with Gasteiger partial charge in [0.25, 0.3) is 0 Å². The molecule has 1 aromatic carbocycles. The molecule has 124 valence electrons. The van der Waals surface area contributed by atoms with Crippen molar-refractivity contribution in [2.24, 2.45) is 0 Å². The Labute approximate surface area is 133 Å². The third-order valence-electron chi connectivity index (χ3n) is 4.47. The number of benzene rings is 1.